The summed E-state index contributed by atoms with van der Waals surface area (Å²) in [6, 6.07) is 7.88. The van der Waals surface area contributed by atoms with Crippen LogP contribution in [0.15, 0.2) is 24.3 Å². The number of anilines is 1. The molecule has 2 fully saturated rings. The van der Waals surface area contributed by atoms with Gasteiger partial charge in [0.25, 0.3) is 0 Å². The number of benzene rings is 1. The Kier molecular flexibility index (Phi) is 4.34. The lowest BCUT2D eigenvalue weighted by atomic mass is 9.83. The molecule has 2 nitrogen and oxygen atoms in total. The van der Waals surface area contributed by atoms with Gasteiger partial charge < -0.3 is 10.2 Å². The Morgan fingerprint density at radius 3 is 2.43 bits per heavy atom. The predicted octanol–water partition coefficient (Wildman–Crippen LogP) is 4.29. The minimum absolute atomic E-state index is 0.0170. The largest absolute Gasteiger partial charge is 0.393 e. The van der Waals surface area contributed by atoms with Crippen LogP contribution in [0.4, 0.5) is 18.9 Å². The molecule has 2 atom stereocenters. The zero-order valence-electron chi connectivity index (χ0n) is 13.8. The van der Waals surface area contributed by atoms with Crippen molar-refractivity contribution < 1.29 is 13.2 Å². The van der Waals surface area contributed by atoms with Gasteiger partial charge >= 0.3 is 6.18 Å². The molecule has 1 aliphatic carbocycles. The molecule has 1 heterocycles. The molecule has 1 aromatic carbocycles. The highest BCUT2D eigenvalue weighted by Gasteiger charge is 2.40. The highest BCUT2D eigenvalue weighted by Crippen LogP contribution is 2.34. The van der Waals surface area contributed by atoms with Crippen LogP contribution < -0.4 is 10.2 Å². The Labute approximate surface area is 136 Å². The first-order valence-electron chi connectivity index (χ1n) is 8.44. The van der Waals surface area contributed by atoms with Crippen LogP contribution in [0.3, 0.4) is 0 Å². The number of piperazine rings is 1. The first-order valence-corrected chi connectivity index (χ1v) is 8.44. The summed E-state index contributed by atoms with van der Waals surface area (Å²) in [5, 5.41) is 3.75. The maximum atomic E-state index is 12.5. The monoisotopic (exact) mass is 326 g/mol. The van der Waals surface area contributed by atoms with Crippen molar-refractivity contribution in [1.29, 1.82) is 0 Å². The van der Waals surface area contributed by atoms with Crippen molar-refractivity contribution in [3.8, 4) is 0 Å². The minimum Gasteiger partial charge on any atom is -0.365 e. The molecule has 0 aromatic heterocycles. The molecule has 5 heteroatoms. The van der Waals surface area contributed by atoms with E-state index in [9.17, 15) is 13.2 Å². The van der Waals surface area contributed by atoms with Crippen molar-refractivity contribution in [3.05, 3.63) is 29.8 Å². The van der Waals surface area contributed by atoms with Crippen molar-refractivity contribution in [3.63, 3.8) is 0 Å². The van der Waals surface area contributed by atoms with Crippen LogP contribution in [0.1, 0.15) is 45.1 Å². The van der Waals surface area contributed by atoms with Gasteiger partial charge in [-0.15, -0.1) is 0 Å². The lowest BCUT2D eigenvalue weighted by molar-refractivity contribution is -0.127. The second kappa shape index (κ2) is 6.00. The number of halogens is 3. The number of fused-ring (bicyclic) bond motifs is 1. The molecule has 1 aliphatic heterocycles. The average molecular weight is 326 g/mol. The number of nitrogens with one attached hydrogen (secondary N) is 1. The summed E-state index contributed by atoms with van der Waals surface area (Å²) >= 11 is 0. The quantitative estimate of drug-likeness (QED) is 0.872. The molecule has 1 saturated heterocycles. The van der Waals surface area contributed by atoms with Gasteiger partial charge in [-0.2, -0.15) is 13.2 Å². The maximum Gasteiger partial charge on any atom is 0.393 e. The molecule has 1 N–H and O–H groups in total. The molecular weight excluding hydrogens is 301 g/mol. The van der Waals surface area contributed by atoms with E-state index >= 15 is 0 Å². The summed E-state index contributed by atoms with van der Waals surface area (Å²) in [7, 11) is 0. The second-order valence-electron chi connectivity index (χ2n) is 7.57. The average Bonchev–Trinajstić information content (AvgIpc) is 2.44. The molecule has 0 bridgehead atoms. The summed E-state index contributed by atoms with van der Waals surface area (Å²) in [5.74, 6) is 0. The van der Waals surface area contributed by atoms with Gasteiger partial charge in [0.1, 0.15) is 0 Å². The summed E-state index contributed by atoms with van der Waals surface area (Å²) in [5.41, 5.74) is 1.39. The Balaban J connectivity index is 1.80. The van der Waals surface area contributed by atoms with Crippen LogP contribution in [-0.4, -0.2) is 30.3 Å². The smallest absolute Gasteiger partial charge is 0.365 e. The Morgan fingerprint density at radius 1 is 1.13 bits per heavy atom. The van der Waals surface area contributed by atoms with Gasteiger partial charge in [0.05, 0.1) is 6.42 Å². The van der Waals surface area contributed by atoms with Crippen LogP contribution in [0.5, 0.6) is 0 Å². The van der Waals surface area contributed by atoms with Crippen molar-refractivity contribution in [2.24, 2.45) is 0 Å². The van der Waals surface area contributed by atoms with Gasteiger partial charge in [0, 0.05) is 29.9 Å². The van der Waals surface area contributed by atoms with Crippen LogP contribution in [0, 0.1) is 0 Å². The van der Waals surface area contributed by atoms with Gasteiger partial charge in [-0.3, -0.25) is 0 Å². The molecule has 23 heavy (non-hydrogen) atoms. The summed E-state index contributed by atoms with van der Waals surface area (Å²) in [6.07, 6.45) is -0.192. The highest BCUT2D eigenvalue weighted by molar-refractivity contribution is 5.50. The normalized spacial score (nSPS) is 27.6. The molecule has 0 unspecified atom stereocenters. The maximum absolute atomic E-state index is 12.5. The van der Waals surface area contributed by atoms with E-state index in [1.165, 1.54) is 19.3 Å². The third-order valence-electron chi connectivity index (χ3n) is 4.94. The van der Waals surface area contributed by atoms with E-state index in [4.69, 9.17) is 0 Å². The highest BCUT2D eigenvalue weighted by atomic mass is 19.4. The van der Waals surface area contributed by atoms with E-state index in [2.05, 4.69) is 24.1 Å². The van der Waals surface area contributed by atoms with Crippen LogP contribution in [0.25, 0.3) is 0 Å². The second-order valence-corrected chi connectivity index (χ2v) is 7.57. The van der Waals surface area contributed by atoms with Crippen molar-refractivity contribution in [2.75, 3.05) is 11.4 Å². The van der Waals surface area contributed by atoms with Gasteiger partial charge in [-0.25, -0.2) is 0 Å². The van der Waals surface area contributed by atoms with E-state index < -0.39 is 12.6 Å². The van der Waals surface area contributed by atoms with E-state index in [-0.39, 0.29) is 5.54 Å². The van der Waals surface area contributed by atoms with Crippen LogP contribution in [0.2, 0.25) is 0 Å². The molecule has 3 rings (SSSR count). The first-order chi connectivity index (χ1) is 10.7. The lowest BCUT2D eigenvalue weighted by Crippen LogP contribution is -2.67. The first kappa shape index (κ1) is 16.6. The molecule has 0 amide bonds. The number of rotatable bonds is 2. The fourth-order valence-electron chi connectivity index (χ4n) is 4.06. The molecule has 0 spiro atoms. The number of nitrogens with zero attached hydrogens (tertiary/aromatic N) is 1. The molecule has 0 radical (unpaired) electrons. The molecular formula is C18H25F3N2. The van der Waals surface area contributed by atoms with E-state index in [0.29, 0.717) is 17.6 Å². The Hall–Kier alpha value is -1.23. The van der Waals surface area contributed by atoms with Crippen molar-refractivity contribution >= 4 is 5.69 Å². The minimum atomic E-state index is -4.15. The third kappa shape index (κ3) is 4.00. The van der Waals surface area contributed by atoms with Gasteiger partial charge in [-0.1, -0.05) is 25.0 Å². The zero-order valence-corrected chi connectivity index (χ0v) is 13.8. The van der Waals surface area contributed by atoms with Gasteiger partial charge in [-0.05, 0) is 44.4 Å². The lowest BCUT2D eigenvalue weighted by Gasteiger charge is -2.52. The van der Waals surface area contributed by atoms with Crippen LogP contribution >= 0.6 is 0 Å². The number of hydrogen-bond donors (Lipinski definition) is 1. The van der Waals surface area contributed by atoms with Crippen molar-refractivity contribution in [1.82, 2.24) is 5.32 Å². The summed E-state index contributed by atoms with van der Waals surface area (Å²) in [6.45, 7) is 5.28. The summed E-state index contributed by atoms with van der Waals surface area (Å²) in [4.78, 5) is 2.40. The number of hydrogen-bond acceptors (Lipinski definition) is 2. The molecule has 1 aromatic rings. The third-order valence-corrected chi connectivity index (χ3v) is 4.94. The van der Waals surface area contributed by atoms with E-state index in [0.717, 1.165) is 18.7 Å². The standard InChI is InChI=1S/C18H25F3N2/c1-17(2)12-23(16-6-4-3-5-15(16)22-17)14-9-7-13(8-10-14)11-18(19,20)21/h7-10,15-16,22H,3-6,11-12H2,1-2H3/t15-,16-/m1/s1. The fourth-order valence-corrected chi connectivity index (χ4v) is 4.06. The zero-order chi connectivity index (χ0) is 16.7. The van der Waals surface area contributed by atoms with E-state index in [1.807, 2.05) is 12.1 Å². The van der Waals surface area contributed by atoms with Gasteiger partial charge in [0.15, 0.2) is 0 Å². The van der Waals surface area contributed by atoms with Crippen LogP contribution in [-0.2, 0) is 6.42 Å². The SMILES string of the molecule is CC1(C)CN(c2ccc(CC(F)(F)F)cc2)[C@@H]2CCCC[C@H]2N1. The molecule has 1 saturated carbocycles. The molecule has 128 valence electrons. The topological polar surface area (TPSA) is 15.3 Å². The fraction of sp³-hybridized carbons (Fsp3) is 0.667. The summed E-state index contributed by atoms with van der Waals surface area (Å²) < 4.78 is 37.5. The number of alkyl halides is 3. The van der Waals surface area contributed by atoms with Gasteiger partial charge in [0.2, 0.25) is 0 Å². The predicted molar refractivity (Wildman–Crippen MR) is 86.8 cm³/mol. The Morgan fingerprint density at radius 2 is 1.78 bits per heavy atom. The molecule has 2 aliphatic rings. The Bertz CT molecular complexity index is 536. The van der Waals surface area contributed by atoms with E-state index in [1.54, 1.807) is 12.1 Å². The van der Waals surface area contributed by atoms with Crippen molar-refractivity contribution in [2.45, 2.75) is 69.8 Å².